The van der Waals surface area contributed by atoms with E-state index in [0.717, 1.165) is 78.3 Å². The zero-order valence-corrected chi connectivity index (χ0v) is 27.7. The van der Waals surface area contributed by atoms with Gasteiger partial charge in [0.1, 0.15) is 17.0 Å². The van der Waals surface area contributed by atoms with Crippen LogP contribution in [0.1, 0.15) is 18.2 Å². The summed E-state index contributed by atoms with van der Waals surface area (Å²) in [5.41, 5.74) is 8.21. The molecule has 0 amide bonds. The summed E-state index contributed by atoms with van der Waals surface area (Å²) < 4.78 is 6.71. The summed E-state index contributed by atoms with van der Waals surface area (Å²) in [6.45, 7) is 0. The number of rotatable bonds is 5. The number of aromatic nitrogens is 3. The van der Waals surface area contributed by atoms with E-state index >= 15 is 0 Å². The van der Waals surface area contributed by atoms with Gasteiger partial charge in [-0.3, -0.25) is 0 Å². The molecule has 2 aromatic heterocycles. The van der Waals surface area contributed by atoms with Gasteiger partial charge < -0.3 is 4.42 Å². The summed E-state index contributed by atoms with van der Waals surface area (Å²) >= 11 is 0. The molecule has 0 saturated carbocycles. The lowest BCUT2D eigenvalue weighted by Gasteiger charge is -2.16. The maximum Gasteiger partial charge on any atom is 0.164 e. The van der Waals surface area contributed by atoms with Gasteiger partial charge in [-0.1, -0.05) is 152 Å². The number of furan rings is 1. The molecule has 1 aliphatic rings. The fourth-order valence-corrected chi connectivity index (χ4v) is 7.55. The molecule has 1 atom stereocenters. The molecule has 0 saturated heterocycles. The first-order valence-corrected chi connectivity index (χ1v) is 17.4. The van der Waals surface area contributed by atoms with Gasteiger partial charge in [-0.2, -0.15) is 0 Å². The van der Waals surface area contributed by atoms with E-state index in [2.05, 4.69) is 152 Å². The Labute approximate surface area is 295 Å². The molecule has 51 heavy (non-hydrogen) atoms. The smallest absolute Gasteiger partial charge is 0.164 e. The standard InChI is InChI=1S/C47H31N3O/c1-3-14-31(15-4-1)45-48-46(32-16-5-2-6-17-32)50-47(49-45)40-28-27-38(36-19-9-10-20-37(36)40)39-22-12-24-42-43(39)41-23-11-21-35(44(41)51-42)34-26-25-30-13-7-8-18-33(30)29-34/h1-16,18-29,32H,17H2. The van der Waals surface area contributed by atoms with Gasteiger partial charge in [0.2, 0.25) is 0 Å². The van der Waals surface area contributed by atoms with Crippen LogP contribution < -0.4 is 0 Å². The minimum Gasteiger partial charge on any atom is -0.455 e. The Morgan fingerprint density at radius 1 is 0.490 bits per heavy atom. The van der Waals surface area contributed by atoms with Gasteiger partial charge in [-0.05, 0) is 62.9 Å². The van der Waals surface area contributed by atoms with E-state index in [4.69, 9.17) is 19.4 Å². The van der Waals surface area contributed by atoms with Gasteiger partial charge in [-0.25, -0.2) is 15.0 Å². The van der Waals surface area contributed by atoms with Crippen molar-refractivity contribution in [3.8, 4) is 45.0 Å². The van der Waals surface area contributed by atoms with E-state index in [-0.39, 0.29) is 5.92 Å². The molecule has 2 heterocycles. The second-order valence-corrected chi connectivity index (χ2v) is 13.1. The average molecular weight is 654 g/mol. The van der Waals surface area contributed by atoms with Crippen molar-refractivity contribution in [1.29, 1.82) is 0 Å². The summed E-state index contributed by atoms with van der Waals surface area (Å²) in [4.78, 5) is 15.2. The van der Waals surface area contributed by atoms with Crippen molar-refractivity contribution in [2.24, 2.45) is 0 Å². The number of benzene rings is 7. The van der Waals surface area contributed by atoms with Crippen LogP contribution in [0.3, 0.4) is 0 Å². The Morgan fingerprint density at radius 2 is 1.22 bits per heavy atom. The van der Waals surface area contributed by atoms with Gasteiger partial charge in [0.05, 0.1) is 0 Å². The first kappa shape index (κ1) is 29.3. The molecule has 0 N–H and O–H groups in total. The normalized spacial score (nSPS) is 14.2. The van der Waals surface area contributed by atoms with Crippen LogP contribution in [-0.2, 0) is 0 Å². The molecule has 4 heteroatoms. The summed E-state index contributed by atoms with van der Waals surface area (Å²) in [7, 11) is 0. The molecule has 9 aromatic rings. The van der Waals surface area contributed by atoms with Gasteiger partial charge in [-0.15, -0.1) is 0 Å². The molecular formula is C47H31N3O. The molecule has 0 fully saturated rings. The third kappa shape index (κ3) is 5.03. The van der Waals surface area contributed by atoms with Crippen molar-refractivity contribution in [2.45, 2.75) is 12.3 Å². The van der Waals surface area contributed by atoms with E-state index in [0.29, 0.717) is 11.6 Å². The third-order valence-electron chi connectivity index (χ3n) is 10.0. The highest BCUT2D eigenvalue weighted by Crippen LogP contribution is 2.43. The number of fused-ring (bicyclic) bond motifs is 5. The van der Waals surface area contributed by atoms with E-state index in [1.54, 1.807) is 0 Å². The number of nitrogens with zero attached hydrogens (tertiary/aromatic N) is 3. The van der Waals surface area contributed by atoms with Crippen molar-refractivity contribution < 1.29 is 4.42 Å². The molecule has 0 aliphatic heterocycles. The zero-order chi connectivity index (χ0) is 33.7. The Hall–Kier alpha value is -6.65. The molecule has 0 bridgehead atoms. The summed E-state index contributed by atoms with van der Waals surface area (Å²) in [5.74, 6) is 2.24. The SMILES string of the molecule is C1=CCC(c2nc(-c3ccccc3)nc(-c3ccc(-c4cccc5oc6c(-c7ccc8ccccc8c7)cccc6c45)c4ccccc34)n2)C=C1. The van der Waals surface area contributed by atoms with Crippen molar-refractivity contribution in [3.63, 3.8) is 0 Å². The second-order valence-electron chi connectivity index (χ2n) is 13.1. The first-order chi connectivity index (χ1) is 25.3. The molecule has 1 aliphatic carbocycles. The maximum atomic E-state index is 6.71. The minimum absolute atomic E-state index is 0.0937. The van der Waals surface area contributed by atoms with E-state index in [1.807, 2.05) is 18.2 Å². The third-order valence-corrected chi connectivity index (χ3v) is 10.0. The summed E-state index contributed by atoms with van der Waals surface area (Å²) in [5, 5.41) is 6.87. The number of hydrogen-bond donors (Lipinski definition) is 0. The fraction of sp³-hybridized carbons (Fsp3) is 0.0426. The van der Waals surface area contributed by atoms with Crippen molar-refractivity contribution >= 4 is 43.5 Å². The lowest BCUT2D eigenvalue weighted by atomic mass is 9.91. The number of hydrogen-bond acceptors (Lipinski definition) is 4. The van der Waals surface area contributed by atoms with Crippen LogP contribution in [0.25, 0.3) is 88.5 Å². The Balaban J connectivity index is 1.15. The van der Waals surface area contributed by atoms with Crippen molar-refractivity contribution in [1.82, 2.24) is 15.0 Å². The van der Waals surface area contributed by atoms with Crippen molar-refractivity contribution in [3.05, 3.63) is 176 Å². The van der Waals surface area contributed by atoms with Crippen LogP contribution in [-0.4, -0.2) is 15.0 Å². The highest BCUT2D eigenvalue weighted by atomic mass is 16.3. The topological polar surface area (TPSA) is 51.8 Å². The summed E-state index contributed by atoms with van der Waals surface area (Å²) in [6.07, 6.45) is 9.37. The van der Waals surface area contributed by atoms with E-state index in [9.17, 15) is 0 Å². The Bertz CT molecular complexity index is 2850. The van der Waals surface area contributed by atoms with E-state index < -0.39 is 0 Å². The lowest BCUT2D eigenvalue weighted by Crippen LogP contribution is -2.08. The predicted octanol–water partition coefficient (Wildman–Crippen LogP) is 12.3. The Morgan fingerprint density at radius 3 is 2.08 bits per heavy atom. The molecule has 7 aromatic carbocycles. The van der Waals surface area contributed by atoms with Gasteiger partial charge in [0.15, 0.2) is 11.6 Å². The zero-order valence-electron chi connectivity index (χ0n) is 27.7. The largest absolute Gasteiger partial charge is 0.455 e. The number of para-hydroxylation sites is 1. The highest BCUT2D eigenvalue weighted by Gasteiger charge is 2.21. The Kier molecular flexibility index (Phi) is 6.91. The molecule has 0 spiro atoms. The van der Waals surface area contributed by atoms with Crippen LogP contribution in [0.5, 0.6) is 0 Å². The molecule has 240 valence electrons. The first-order valence-electron chi connectivity index (χ1n) is 17.4. The fourth-order valence-electron chi connectivity index (χ4n) is 7.55. The second kappa shape index (κ2) is 12.0. The average Bonchev–Trinajstić information content (AvgIpc) is 3.60. The molecule has 0 radical (unpaired) electrons. The molecule has 4 nitrogen and oxygen atoms in total. The lowest BCUT2D eigenvalue weighted by molar-refractivity contribution is 0.670. The molecular weight excluding hydrogens is 623 g/mol. The van der Waals surface area contributed by atoms with E-state index in [1.165, 1.54) is 10.8 Å². The highest BCUT2D eigenvalue weighted by molar-refractivity contribution is 6.18. The number of allylic oxidation sites excluding steroid dienone is 4. The van der Waals surface area contributed by atoms with Gasteiger partial charge in [0.25, 0.3) is 0 Å². The quantitative estimate of drug-likeness (QED) is 0.185. The molecule has 10 rings (SSSR count). The minimum atomic E-state index is 0.0937. The van der Waals surface area contributed by atoms with Gasteiger partial charge >= 0.3 is 0 Å². The van der Waals surface area contributed by atoms with Crippen LogP contribution in [0.2, 0.25) is 0 Å². The van der Waals surface area contributed by atoms with Crippen LogP contribution >= 0.6 is 0 Å². The van der Waals surface area contributed by atoms with Crippen LogP contribution in [0.15, 0.2) is 174 Å². The summed E-state index contributed by atoms with van der Waals surface area (Å²) in [6, 6.07) is 51.1. The predicted molar refractivity (Wildman–Crippen MR) is 209 cm³/mol. The van der Waals surface area contributed by atoms with Crippen LogP contribution in [0.4, 0.5) is 0 Å². The maximum absolute atomic E-state index is 6.71. The van der Waals surface area contributed by atoms with Crippen molar-refractivity contribution in [2.75, 3.05) is 0 Å². The molecule has 1 unspecified atom stereocenters. The van der Waals surface area contributed by atoms with Crippen LogP contribution in [0, 0.1) is 0 Å². The monoisotopic (exact) mass is 653 g/mol. The van der Waals surface area contributed by atoms with Gasteiger partial charge in [0, 0.05) is 33.4 Å².